The van der Waals surface area contributed by atoms with Gasteiger partial charge in [0.25, 0.3) is 0 Å². The quantitative estimate of drug-likeness (QED) is 0.921. The van der Waals surface area contributed by atoms with Crippen LogP contribution in [0.3, 0.4) is 0 Å². The zero-order chi connectivity index (χ0) is 12.5. The molecule has 0 unspecified atom stereocenters. The van der Waals surface area contributed by atoms with Gasteiger partial charge in [0.1, 0.15) is 6.17 Å². The molecule has 0 aliphatic carbocycles. The van der Waals surface area contributed by atoms with Crippen molar-refractivity contribution in [1.29, 1.82) is 0 Å². The van der Waals surface area contributed by atoms with E-state index in [-0.39, 0.29) is 18.4 Å². The standard InChI is InChI=1S/C13H14FN3O.ClH/c1-8-2-4-9(5-3-8)12-16-13(18-17-12)11-6-10(14)7-15-11;/h2-5,10-11,15H,6-7H2,1H3;1H/t10-,11+;/m0./s1. The molecular weight excluding hydrogens is 269 g/mol. The predicted octanol–water partition coefficient (Wildman–Crippen LogP) is 2.84. The largest absolute Gasteiger partial charge is 0.337 e. The van der Waals surface area contributed by atoms with Gasteiger partial charge in [0.2, 0.25) is 11.7 Å². The van der Waals surface area contributed by atoms with E-state index < -0.39 is 6.17 Å². The number of halogens is 2. The number of benzene rings is 1. The first-order valence-corrected chi connectivity index (χ1v) is 6.00. The van der Waals surface area contributed by atoms with Crippen LogP contribution in [-0.2, 0) is 0 Å². The molecule has 1 aromatic heterocycles. The summed E-state index contributed by atoms with van der Waals surface area (Å²) >= 11 is 0. The third-order valence-electron chi connectivity index (χ3n) is 3.13. The minimum Gasteiger partial charge on any atom is -0.337 e. The number of aromatic nitrogens is 2. The number of alkyl halides is 1. The molecule has 19 heavy (non-hydrogen) atoms. The molecule has 1 aromatic carbocycles. The number of nitrogens with zero attached hydrogens (tertiary/aromatic N) is 2. The molecule has 102 valence electrons. The highest BCUT2D eigenvalue weighted by Gasteiger charge is 2.29. The molecule has 3 rings (SSSR count). The number of nitrogens with one attached hydrogen (secondary N) is 1. The highest BCUT2D eigenvalue weighted by Crippen LogP contribution is 2.25. The average Bonchev–Trinajstić information content (AvgIpc) is 2.98. The Kier molecular flexibility index (Phi) is 4.17. The Morgan fingerprint density at radius 2 is 2.05 bits per heavy atom. The normalized spacial score (nSPS) is 22.2. The molecule has 0 spiro atoms. The Morgan fingerprint density at radius 1 is 1.32 bits per heavy atom. The molecule has 0 radical (unpaired) electrons. The Bertz CT molecular complexity index is 543. The molecule has 0 amide bonds. The molecule has 0 bridgehead atoms. The first kappa shape index (κ1) is 14.0. The average molecular weight is 284 g/mol. The van der Waals surface area contributed by atoms with E-state index >= 15 is 0 Å². The van der Waals surface area contributed by atoms with Gasteiger partial charge < -0.3 is 9.84 Å². The van der Waals surface area contributed by atoms with Gasteiger partial charge >= 0.3 is 0 Å². The van der Waals surface area contributed by atoms with E-state index in [0.29, 0.717) is 24.7 Å². The molecule has 6 heteroatoms. The van der Waals surface area contributed by atoms with Crippen LogP contribution in [-0.4, -0.2) is 22.9 Å². The summed E-state index contributed by atoms with van der Waals surface area (Å²) in [5.74, 6) is 1.01. The SMILES string of the molecule is Cc1ccc(-c2noc([C@H]3C[C@H](F)CN3)n2)cc1.Cl. The lowest BCUT2D eigenvalue weighted by Gasteiger charge is -2.01. The van der Waals surface area contributed by atoms with Crippen molar-refractivity contribution in [2.45, 2.75) is 25.6 Å². The maximum atomic E-state index is 13.1. The van der Waals surface area contributed by atoms with E-state index in [0.717, 1.165) is 5.56 Å². The van der Waals surface area contributed by atoms with Gasteiger partial charge in [-0.15, -0.1) is 12.4 Å². The summed E-state index contributed by atoms with van der Waals surface area (Å²) in [5, 5.41) is 6.96. The number of hydrogen-bond acceptors (Lipinski definition) is 4. The minimum absolute atomic E-state index is 0. The van der Waals surface area contributed by atoms with Crippen molar-refractivity contribution in [3.63, 3.8) is 0 Å². The summed E-state index contributed by atoms with van der Waals surface area (Å²) in [6, 6.07) is 7.73. The van der Waals surface area contributed by atoms with Crippen LogP contribution >= 0.6 is 12.4 Å². The second kappa shape index (κ2) is 5.67. The highest BCUT2D eigenvalue weighted by molar-refractivity contribution is 5.85. The Hall–Kier alpha value is -1.46. The van der Waals surface area contributed by atoms with Gasteiger partial charge in [0.15, 0.2) is 0 Å². The second-order valence-corrected chi connectivity index (χ2v) is 4.62. The molecule has 1 aliphatic heterocycles. The molecule has 1 aliphatic rings. The van der Waals surface area contributed by atoms with E-state index in [1.165, 1.54) is 5.56 Å². The lowest BCUT2D eigenvalue weighted by molar-refractivity contribution is 0.324. The van der Waals surface area contributed by atoms with Gasteiger partial charge in [-0.2, -0.15) is 4.98 Å². The minimum atomic E-state index is -0.829. The van der Waals surface area contributed by atoms with Crippen molar-refractivity contribution in [3.8, 4) is 11.4 Å². The summed E-state index contributed by atoms with van der Waals surface area (Å²) in [6.07, 6.45) is -0.431. The molecule has 0 saturated carbocycles. The van der Waals surface area contributed by atoms with Gasteiger partial charge in [-0.3, -0.25) is 0 Å². The van der Waals surface area contributed by atoms with Crippen LogP contribution in [0.4, 0.5) is 4.39 Å². The van der Waals surface area contributed by atoms with Crippen molar-refractivity contribution in [3.05, 3.63) is 35.7 Å². The molecule has 4 nitrogen and oxygen atoms in total. The second-order valence-electron chi connectivity index (χ2n) is 4.62. The van der Waals surface area contributed by atoms with Crippen molar-refractivity contribution in [2.75, 3.05) is 6.54 Å². The first-order chi connectivity index (χ1) is 8.72. The predicted molar refractivity (Wildman–Crippen MR) is 72.0 cm³/mol. The summed E-state index contributed by atoms with van der Waals surface area (Å²) in [6.45, 7) is 2.38. The van der Waals surface area contributed by atoms with Crippen LogP contribution < -0.4 is 5.32 Å². The van der Waals surface area contributed by atoms with E-state index in [2.05, 4.69) is 15.5 Å². The lowest BCUT2D eigenvalue weighted by Crippen LogP contribution is -2.14. The van der Waals surface area contributed by atoms with Gasteiger partial charge in [-0.1, -0.05) is 35.0 Å². The van der Waals surface area contributed by atoms with Gasteiger partial charge in [0, 0.05) is 18.5 Å². The van der Waals surface area contributed by atoms with Crippen LogP contribution in [0.1, 0.15) is 23.9 Å². The van der Waals surface area contributed by atoms with Gasteiger partial charge in [-0.25, -0.2) is 4.39 Å². The Labute approximate surface area is 116 Å². The summed E-state index contributed by atoms with van der Waals surface area (Å²) in [4.78, 5) is 4.32. The monoisotopic (exact) mass is 283 g/mol. The number of rotatable bonds is 2. The number of aryl methyl sites for hydroxylation is 1. The zero-order valence-electron chi connectivity index (χ0n) is 10.5. The summed E-state index contributed by atoms with van der Waals surface area (Å²) in [5.41, 5.74) is 2.09. The van der Waals surface area contributed by atoms with Crippen molar-refractivity contribution < 1.29 is 8.91 Å². The maximum Gasteiger partial charge on any atom is 0.244 e. The topological polar surface area (TPSA) is 51.0 Å². The third-order valence-corrected chi connectivity index (χ3v) is 3.13. The van der Waals surface area contributed by atoms with Gasteiger partial charge in [-0.05, 0) is 6.92 Å². The Balaban J connectivity index is 0.00000133. The highest BCUT2D eigenvalue weighted by atomic mass is 35.5. The van der Waals surface area contributed by atoms with Crippen LogP contribution in [0.2, 0.25) is 0 Å². The van der Waals surface area contributed by atoms with Crippen LogP contribution in [0, 0.1) is 6.92 Å². The molecule has 1 N–H and O–H groups in total. The number of hydrogen-bond donors (Lipinski definition) is 1. The van der Waals surface area contributed by atoms with Crippen molar-refractivity contribution >= 4 is 12.4 Å². The fourth-order valence-corrected chi connectivity index (χ4v) is 2.08. The molecular formula is C13H15ClFN3O. The summed E-state index contributed by atoms with van der Waals surface area (Å²) in [7, 11) is 0. The first-order valence-electron chi connectivity index (χ1n) is 6.00. The summed E-state index contributed by atoms with van der Waals surface area (Å²) < 4.78 is 18.3. The molecule has 1 saturated heterocycles. The lowest BCUT2D eigenvalue weighted by atomic mass is 10.1. The smallest absolute Gasteiger partial charge is 0.244 e. The Morgan fingerprint density at radius 3 is 2.68 bits per heavy atom. The van der Waals surface area contributed by atoms with E-state index in [1.807, 2.05) is 31.2 Å². The van der Waals surface area contributed by atoms with Crippen LogP contribution in [0.5, 0.6) is 0 Å². The molecule has 2 aromatic rings. The van der Waals surface area contributed by atoms with E-state index in [1.54, 1.807) is 0 Å². The fourth-order valence-electron chi connectivity index (χ4n) is 2.08. The van der Waals surface area contributed by atoms with Crippen molar-refractivity contribution in [1.82, 2.24) is 15.5 Å². The fraction of sp³-hybridized carbons (Fsp3) is 0.385. The molecule has 2 heterocycles. The van der Waals surface area contributed by atoms with Crippen molar-refractivity contribution in [2.24, 2.45) is 0 Å². The van der Waals surface area contributed by atoms with E-state index in [9.17, 15) is 4.39 Å². The molecule has 2 atom stereocenters. The van der Waals surface area contributed by atoms with Crippen LogP contribution in [0.15, 0.2) is 28.8 Å². The maximum absolute atomic E-state index is 13.1. The van der Waals surface area contributed by atoms with E-state index in [4.69, 9.17) is 4.52 Å². The third kappa shape index (κ3) is 2.93. The van der Waals surface area contributed by atoms with Gasteiger partial charge in [0.05, 0.1) is 6.04 Å². The van der Waals surface area contributed by atoms with Crippen LogP contribution in [0.25, 0.3) is 11.4 Å². The molecule has 1 fully saturated rings. The zero-order valence-corrected chi connectivity index (χ0v) is 11.3.